The molecule has 1 aromatic heterocycles. The first kappa shape index (κ1) is 21.8. The minimum Gasteiger partial charge on any atom is -0.508 e. The molecule has 2 aromatic carbocycles. The van der Waals surface area contributed by atoms with Gasteiger partial charge in [-0.05, 0) is 60.9 Å². The van der Waals surface area contributed by atoms with Crippen molar-refractivity contribution < 1.29 is 14.3 Å². The molecule has 1 aliphatic rings. The molecule has 0 aliphatic carbocycles. The van der Waals surface area contributed by atoms with Gasteiger partial charge in [-0.15, -0.1) is 0 Å². The highest BCUT2D eigenvalue weighted by Gasteiger charge is 2.23. The van der Waals surface area contributed by atoms with E-state index in [0.29, 0.717) is 23.0 Å². The Kier molecular flexibility index (Phi) is 6.66. The van der Waals surface area contributed by atoms with Crippen molar-refractivity contribution >= 4 is 17.4 Å². The van der Waals surface area contributed by atoms with Gasteiger partial charge in [0, 0.05) is 56.2 Å². The molecule has 0 spiro atoms. The molecule has 1 aliphatic heterocycles. The molecular formula is C25H27FN4O2. The van der Waals surface area contributed by atoms with Crippen LogP contribution in [0.3, 0.4) is 0 Å². The van der Waals surface area contributed by atoms with Crippen molar-refractivity contribution in [1.82, 2.24) is 9.88 Å². The Bertz CT molecular complexity index is 1070. The number of phenols is 1. The maximum atomic E-state index is 13.1. The number of phenolic OH excluding ortho intramolecular Hbond substituents is 1. The summed E-state index contributed by atoms with van der Waals surface area (Å²) >= 11 is 0. The molecule has 0 unspecified atom stereocenters. The second-order valence-electron chi connectivity index (χ2n) is 8.15. The summed E-state index contributed by atoms with van der Waals surface area (Å²) in [6.45, 7) is 2.76. The summed E-state index contributed by atoms with van der Waals surface area (Å²) < 4.78 is 13.1. The van der Waals surface area contributed by atoms with Gasteiger partial charge in [-0.25, -0.2) is 9.37 Å². The number of carbonyl (C=O) groups excluding carboxylic acids is 1. The number of rotatable bonds is 6. The normalized spacial score (nSPS) is 14.8. The maximum Gasteiger partial charge on any atom is 0.255 e. The van der Waals surface area contributed by atoms with Crippen LogP contribution in [0.15, 0.2) is 66.9 Å². The smallest absolute Gasteiger partial charge is 0.255 e. The lowest BCUT2D eigenvalue weighted by Gasteiger charge is -2.37. The number of anilines is 2. The van der Waals surface area contributed by atoms with E-state index < -0.39 is 0 Å². The summed E-state index contributed by atoms with van der Waals surface area (Å²) in [6.07, 6.45) is 3.69. The van der Waals surface area contributed by atoms with Gasteiger partial charge >= 0.3 is 0 Å². The zero-order valence-electron chi connectivity index (χ0n) is 18.0. The number of amides is 1. The average molecular weight is 435 g/mol. The van der Waals surface area contributed by atoms with Crippen LogP contribution in [0.4, 0.5) is 15.9 Å². The number of carbonyl (C=O) groups is 1. The molecule has 1 saturated heterocycles. The zero-order valence-corrected chi connectivity index (χ0v) is 18.0. The third kappa shape index (κ3) is 5.42. The first-order valence-electron chi connectivity index (χ1n) is 10.7. The van der Waals surface area contributed by atoms with Crippen LogP contribution in [-0.4, -0.2) is 47.1 Å². The predicted molar refractivity (Wildman–Crippen MR) is 123 cm³/mol. The van der Waals surface area contributed by atoms with Crippen molar-refractivity contribution in [2.24, 2.45) is 0 Å². The zero-order chi connectivity index (χ0) is 22.5. The van der Waals surface area contributed by atoms with E-state index in [1.807, 2.05) is 31.3 Å². The van der Waals surface area contributed by atoms with Gasteiger partial charge in [0.2, 0.25) is 0 Å². The number of pyridine rings is 1. The van der Waals surface area contributed by atoms with Gasteiger partial charge in [-0.3, -0.25) is 9.69 Å². The highest BCUT2D eigenvalue weighted by atomic mass is 19.1. The Morgan fingerprint density at radius 3 is 2.62 bits per heavy atom. The standard InChI is InChI=1S/C25H27FN4O2/c1-29(22-10-13-30(14-11-22)17-18-3-2-4-23(31)15-18)24-16-21(9-12-27-24)28-25(32)19-5-7-20(26)8-6-19/h2-9,12,15-16,22,31H,10-11,13-14,17H2,1H3,(H,27,28,32). The summed E-state index contributed by atoms with van der Waals surface area (Å²) in [7, 11) is 2.03. The van der Waals surface area contributed by atoms with Crippen LogP contribution in [0.25, 0.3) is 0 Å². The van der Waals surface area contributed by atoms with E-state index in [2.05, 4.69) is 20.1 Å². The van der Waals surface area contributed by atoms with Crippen LogP contribution in [-0.2, 0) is 6.54 Å². The average Bonchev–Trinajstić information content (AvgIpc) is 2.80. The molecule has 7 heteroatoms. The van der Waals surface area contributed by atoms with E-state index in [1.165, 1.54) is 24.3 Å². The molecule has 4 rings (SSSR count). The highest BCUT2D eigenvalue weighted by Crippen LogP contribution is 2.24. The van der Waals surface area contributed by atoms with Gasteiger partial charge in [0.15, 0.2) is 0 Å². The molecule has 166 valence electrons. The van der Waals surface area contributed by atoms with E-state index in [1.54, 1.807) is 18.3 Å². The number of benzene rings is 2. The molecule has 2 N–H and O–H groups in total. The third-order valence-corrected chi connectivity index (χ3v) is 5.89. The molecule has 1 amide bonds. The van der Waals surface area contributed by atoms with Gasteiger partial charge in [-0.2, -0.15) is 0 Å². The topological polar surface area (TPSA) is 68.7 Å². The van der Waals surface area contributed by atoms with Gasteiger partial charge in [0.25, 0.3) is 5.91 Å². The van der Waals surface area contributed by atoms with Crippen molar-refractivity contribution in [2.75, 3.05) is 30.4 Å². The fraction of sp³-hybridized carbons (Fsp3) is 0.280. The molecule has 0 saturated carbocycles. The fourth-order valence-corrected chi connectivity index (χ4v) is 4.06. The summed E-state index contributed by atoms with van der Waals surface area (Å²) in [5.41, 5.74) is 2.16. The van der Waals surface area contributed by atoms with Crippen molar-refractivity contribution in [1.29, 1.82) is 0 Å². The largest absolute Gasteiger partial charge is 0.508 e. The van der Waals surface area contributed by atoms with E-state index in [-0.39, 0.29) is 11.7 Å². The second kappa shape index (κ2) is 9.78. The molecule has 2 heterocycles. The summed E-state index contributed by atoms with van der Waals surface area (Å²) in [6, 6.07) is 16.8. The number of likely N-dealkylation sites (tertiary alicyclic amines) is 1. The van der Waals surface area contributed by atoms with Gasteiger partial charge in [0.05, 0.1) is 0 Å². The Morgan fingerprint density at radius 2 is 1.91 bits per heavy atom. The molecule has 32 heavy (non-hydrogen) atoms. The van der Waals surface area contributed by atoms with Crippen LogP contribution in [0.5, 0.6) is 5.75 Å². The number of hydrogen-bond donors (Lipinski definition) is 2. The number of aromatic nitrogens is 1. The monoisotopic (exact) mass is 434 g/mol. The van der Waals surface area contributed by atoms with Crippen LogP contribution in [0.1, 0.15) is 28.8 Å². The quantitative estimate of drug-likeness (QED) is 0.606. The van der Waals surface area contributed by atoms with Gasteiger partial charge in [0.1, 0.15) is 17.4 Å². The number of halogens is 1. The number of piperidine rings is 1. The lowest BCUT2D eigenvalue weighted by Crippen LogP contribution is -2.43. The number of hydrogen-bond acceptors (Lipinski definition) is 5. The Hall–Kier alpha value is -3.45. The molecular weight excluding hydrogens is 407 g/mol. The molecule has 6 nitrogen and oxygen atoms in total. The predicted octanol–water partition coefficient (Wildman–Crippen LogP) is 4.28. The third-order valence-electron chi connectivity index (χ3n) is 5.89. The Balaban J connectivity index is 1.34. The van der Waals surface area contributed by atoms with Gasteiger partial charge in [-0.1, -0.05) is 12.1 Å². The highest BCUT2D eigenvalue weighted by molar-refractivity contribution is 6.04. The van der Waals surface area contributed by atoms with Crippen molar-refractivity contribution in [3.8, 4) is 5.75 Å². The Labute approximate surface area is 187 Å². The first-order valence-corrected chi connectivity index (χ1v) is 10.7. The SMILES string of the molecule is CN(c1cc(NC(=O)c2ccc(F)cc2)ccn1)C1CCN(Cc2cccc(O)c2)CC1. The molecule has 3 aromatic rings. The van der Waals surface area contributed by atoms with Crippen LogP contribution in [0.2, 0.25) is 0 Å². The maximum absolute atomic E-state index is 13.1. The summed E-state index contributed by atoms with van der Waals surface area (Å²) in [4.78, 5) is 21.5. The fourth-order valence-electron chi connectivity index (χ4n) is 4.06. The van der Waals surface area contributed by atoms with E-state index >= 15 is 0 Å². The number of nitrogens with one attached hydrogen (secondary N) is 1. The minimum atomic E-state index is -0.373. The molecule has 0 atom stereocenters. The van der Waals surface area contributed by atoms with Crippen molar-refractivity contribution in [3.05, 3.63) is 83.8 Å². The molecule has 0 radical (unpaired) electrons. The van der Waals surface area contributed by atoms with Crippen LogP contribution >= 0.6 is 0 Å². The van der Waals surface area contributed by atoms with Gasteiger partial charge < -0.3 is 15.3 Å². The Morgan fingerprint density at radius 1 is 1.16 bits per heavy atom. The summed E-state index contributed by atoms with van der Waals surface area (Å²) in [5.74, 6) is 0.440. The van der Waals surface area contributed by atoms with Crippen molar-refractivity contribution in [2.45, 2.75) is 25.4 Å². The second-order valence-corrected chi connectivity index (χ2v) is 8.15. The van der Waals surface area contributed by atoms with E-state index in [9.17, 15) is 14.3 Å². The molecule has 1 fully saturated rings. The minimum absolute atomic E-state index is 0.287. The molecule has 0 bridgehead atoms. The van der Waals surface area contributed by atoms with E-state index in [4.69, 9.17) is 0 Å². The van der Waals surface area contributed by atoms with Crippen LogP contribution < -0.4 is 10.2 Å². The van der Waals surface area contributed by atoms with Crippen LogP contribution in [0, 0.1) is 5.82 Å². The van der Waals surface area contributed by atoms with Crippen molar-refractivity contribution in [3.63, 3.8) is 0 Å². The lowest BCUT2D eigenvalue weighted by molar-refractivity contribution is 0.102. The lowest BCUT2D eigenvalue weighted by atomic mass is 10.0. The number of nitrogens with zero attached hydrogens (tertiary/aromatic N) is 3. The summed E-state index contributed by atoms with van der Waals surface area (Å²) in [5, 5.41) is 12.5. The number of aromatic hydroxyl groups is 1. The first-order chi connectivity index (χ1) is 15.5. The van der Waals surface area contributed by atoms with E-state index in [0.717, 1.165) is 43.9 Å².